The highest BCUT2D eigenvalue weighted by Crippen LogP contribution is 2.06. The molecule has 0 fully saturated rings. The summed E-state index contributed by atoms with van der Waals surface area (Å²) in [6, 6.07) is 21.7. The molecule has 0 saturated heterocycles. The first-order valence-electron chi connectivity index (χ1n) is 7.40. The maximum Gasteiger partial charge on any atom is 0.0120 e. The van der Waals surface area contributed by atoms with Crippen LogP contribution in [-0.2, 0) is 12.8 Å². The van der Waals surface area contributed by atoms with Crippen molar-refractivity contribution in [2.45, 2.75) is 25.3 Å². The molecule has 2 rings (SSSR count). The summed E-state index contributed by atoms with van der Waals surface area (Å²) in [6.45, 7) is 1.73. The van der Waals surface area contributed by atoms with Crippen LogP contribution in [0.1, 0.15) is 17.5 Å². The molecular formula is C18H24N2. The Balaban J connectivity index is 1.80. The number of nitrogens with one attached hydrogen (secondary N) is 1. The van der Waals surface area contributed by atoms with Crippen molar-refractivity contribution in [2.24, 2.45) is 5.73 Å². The summed E-state index contributed by atoms with van der Waals surface area (Å²) >= 11 is 0. The van der Waals surface area contributed by atoms with Crippen molar-refractivity contribution >= 4 is 0 Å². The number of hydrogen-bond acceptors (Lipinski definition) is 2. The molecule has 3 N–H and O–H groups in total. The molecule has 2 nitrogen and oxygen atoms in total. The third-order valence-corrected chi connectivity index (χ3v) is 3.53. The monoisotopic (exact) mass is 268 g/mol. The Kier molecular flexibility index (Phi) is 6.28. The highest BCUT2D eigenvalue weighted by Gasteiger charge is 2.07. The lowest BCUT2D eigenvalue weighted by Gasteiger charge is -2.18. The summed E-state index contributed by atoms with van der Waals surface area (Å²) in [5, 5.41) is 3.64. The predicted octanol–water partition coefficient (Wildman–Crippen LogP) is 2.78. The smallest absolute Gasteiger partial charge is 0.0120 e. The van der Waals surface area contributed by atoms with Crippen molar-refractivity contribution in [3.8, 4) is 0 Å². The lowest BCUT2D eigenvalue weighted by atomic mass is 10.0. The molecule has 1 unspecified atom stereocenters. The van der Waals surface area contributed by atoms with Gasteiger partial charge in [-0.25, -0.2) is 0 Å². The molecule has 0 aliphatic carbocycles. The molecule has 0 aliphatic rings. The third kappa shape index (κ3) is 5.16. The molecule has 0 spiro atoms. The van der Waals surface area contributed by atoms with Gasteiger partial charge in [-0.05, 0) is 43.5 Å². The number of nitrogens with two attached hydrogens (primary N) is 1. The minimum absolute atomic E-state index is 0.464. The topological polar surface area (TPSA) is 38.0 Å². The van der Waals surface area contributed by atoms with Crippen LogP contribution in [0.15, 0.2) is 60.7 Å². The van der Waals surface area contributed by atoms with Gasteiger partial charge >= 0.3 is 0 Å². The molecule has 0 radical (unpaired) electrons. The lowest BCUT2D eigenvalue weighted by molar-refractivity contribution is 0.486. The van der Waals surface area contributed by atoms with Crippen molar-refractivity contribution < 1.29 is 0 Å². The van der Waals surface area contributed by atoms with Crippen molar-refractivity contribution in [1.82, 2.24) is 5.32 Å². The largest absolute Gasteiger partial charge is 0.330 e. The van der Waals surface area contributed by atoms with E-state index >= 15 is 0 Å². The van der Waals surface area contributed by atoms with E-state index < -0.39 is 0 Å². The van der Waals surface area contributed by atoms with Crippen LogP contribution in [0.2, 0.25) is 0 Å². The van der Waals surface area contributed by atoms with Crippen LogP contribution in [-0.4, -0.2) is 19.1 Å². The van der Waals surface area contributed by atoms with E-state index in [1.54, 1.807) is 0 Å². The summed E-state index contributed by atoms with van der Waals surface area (Å²) in [5.74, 6) is 0. The number of hydrogen-bond donors (Lipinski definition) is 2. The first kappa shape index (κ1) is 14.8. The van der Waals surface area contributed by atoms with E-state index in [0.717, 1.165) is 32.4 Å². The lowest BCUT2D eigenvalue weighted by Crippen LogP contribution is -2.34. The molecule has 2 heteroatoms. The summed E-state index contributed by atoms with van der Waals surface area (Å²) in [6.07, 6.45) is 3.13. The highest BCUT2D eigenvalue weighted by molar-refractivity contribution is 5.16. The average Bonchev–Trinajstić information content (AvgIpc) is 2.49. The fourth-order valence-corrected chi connectivity index (χ4v) is 2.44. The Labute approximate surface area is 122 Å². The van der Waals surface area contributed by atoms with Gasteiger partial charge in [-0.3, -0.25) is 0 Å². The van der Waals surface area contributed by atoms with Crippen LogP contribution >= 0.6 is 0 Å². The van der Waals surface area contributed by atoms with Gasteiger partial charge in [-0.1, -0.05) is 60.7 Å². The Morgan fingerprint density at radius 3 is 2.05 bits per heavy atom. The van der Waals surface area contributed by atoms with E-state index in [2.05, 4.69) is 66.0 Å². The molecule has 2 aromatic rings. The Bertz CT molecular complexity index is 467. The van der Waals surface area contributed by atoms with Crippen molar-refractivity contribution in [3.63, 3.8) is 0 Å². The summed E-state index contributed by atoms with van der Waals surface area (Å²) in [7, 11) is 0. The summed E-state index contributed by atoms with van der Waals surface area (Å²) < 4.78 is 0. The molecule has 20 heavy (non-hydrogen) atoms. The summed E-state index contributed by atoms with van der Waals surface area (Å²) in [4.78, 5) is 0. The number of rotatable bonds is 8. The van der Waals surface area contributed by atoms with Gasteiger partial charge in [0.25, 0.3) is 0 Å². The second kappa shape index (κ2) is 8.51. The third-order valence-electron chi connectivity index (χ3n) is 3.53. The van der Waals surface area contributed by atoms with Gasteiger partial charge in [0.1, 0.15) is 0 Å². The van der Waals surface area contributed by atoms with Gasteiger partial charge in [-0.2, -0.15) is 0 Å². The maximum absolute atomic E-state index is 5.73. The fourth-order valence-electron chi connectivity index (χ4n) is 2.44. The zero-order valence-electron chi connectivity index (χ0n) is 12.0. The van der Waals surface area contributed by atoms with Crippen molar-refractivity contribution in [3.05, 3.63) is 71.8 Å². The van der Waals surface area contributed by atoms with Crippen molar-refractivity contribution in [1.29, 1.82) is 0 Å². The first-order valence-corrected chi connectivity index (χ1v) is 7.40. The average molecular weight is 268 g/mol. The van der Waals surface area contributed by atoms with E-state index in [-0.39, 0.29) is 0 Å². The minimum Gasteiger partial charge on any atom is -0.330 e. The highest BCUT2D eigenvalue weighted by atomic mass is 14.9. The molecule has 1 atom stereocenters. The van der Waals surface area contributed by atoms with Gasteiger partial charge in [0.2, 0.25) is 0 Å². The van der Waals surface area contributed by atoms with Crippen LogP contribution in [0.4, 0.5) is 0 Å². The van der Waals surface area contributed by atoms with Crippen LogP contribution in [0.5, 0.6) is 0 Å². The molecule has 2 aromatic carbocycles. The van der Waals surface area contributed by atoms with Crippen LogP contribution in [0, 0.1) is 0 Å². The molecule has 0 heterocycles. The van der Waals surface area contributed by atoms with E-state index in [4.69, 9.17) is 5.73 Å². The molecule has 0 saturated carbocycles. The molecule has 106 valence electrons. The first-order chi connectivity index (χ1) is 9.88. The van der Waals surface area contributed by atoms with E-state index in [0.29, 0.717) is 6.04 Å². The van der Waals surface area contributed by atoms with Gasteiger partial charge in [0.05, 0.1) is 0 Å². The molecule has 0 aromatic heterocycles. The Morgan fingerprint density at radius 2 is 1.45 bits per heavy atom. The van der Waals surface area contributed by atoms with E-state index in [1.807, 2.05) is 0 Å². The van der Waals surface area contributed by atoms with Gasteiger partial charge in [0, 0.05) is 6.04 Å². The maximum atomic E-state index is 5.73. The van der Waals surface area contributed by atoms with Gasteiger partial charge in [-0.15, -0.1) is 0 Å². The standard InChI is InChI=1S/C18H24N2/c19-13-11-18(15-17-9-5-2-6-10-17)20-14-12-16-7-3-1-4-8-16/h1-10,18,20H,11-15,19H2. The number of benzene rings is 2. The SMILES string of the molecule is NCCC(Cc1ccccc1)NCCc1ccccc1. The predicted molar refractivity (Wildman–Crippen MR) is 85.8 cm³/mol. The summed E-state index contributed by atoms with van der Waals surface area (Å²) in [5.41, 5.74) is 8.48. The Morgan fingerprint density at radius 1 is 0.850 bits per heavy atom. The zero-order valence-corrected chi connectivity index (χ0v) is 12.0. The Hall–Kier alpha value is -1.64. The normalized spacial score (nSPS) is 12.2. The van der Waals surface area contributed by atoms with Gasteiger partial charge < -0.3 is 11.1 Å². The zero-order chi connectivity index (χ0) is 14.0. The van der Waals surface area contributed by atoms with Crippen molar-refractivity contribution in [2.75, 3.05) is 13.1 Å². The van der Waals surface area contributed by atoms with Crippen LogP contribution < -0.4 is 11.1 Å². The van der Waals surface area contributed by atoms with E-state index in [1.165, 1.54) is 11.1 Å². The second-order valence-corrected chi connectivity index (χ2v) is 5.15. The van der Waals surface area contributed by atoms with Crippen LogP contribution in [0.25, 0.3) is 0 Å². The molecule has 0 bridgehead atoms. The minimum atomic E-state index is 0.464. The quantitative estimate of drug-likeness (QED) is 0.772. The van der Waals surface area contributed by atoms with Gasteiger partial charge in [0.15, 0.2) is 0 Å². The molecule has 0 amide bonds. The van der Waals surface area contributed by atoms with E-state index in [9.17, 15) is 0 Å². The molecule has 0 aliphatic heterocycles. The fraction of sp³-hybridized carbons (Fsp3) is 0.333. The van der Waals surface area contributed by atoms with Crippen LogP contribution in [0.3, 0.4) is 0 Å². The molecular weight excluding hydrogens is 244 g/mol. The second-order valence-electron chi connectivity index (χ2n) is 5.15.